The van der Waals surface area contributed by atoms with Crippen LogP contribution < -0.4 is 10.4 Å². The smallest absolute Gasteiger partial charge is 0.347 e. The minimum Gasteiger partial charge on any atom is -0.506 e. The summed E-state index contributed by atoms with van der Waals surface area (Å²) in [5.41, 5.74) is -1.11. The van der Waals surface area contributed by atoms with E-state index >= 15 is 0 Å². The highest BCUT2D eigenvalue weighted by Gasteiger charge is 2.40. The van der Waals surface area contributed by atoms with Crippen molar-refractivity contribution in [1.82, 2.24) is 0 Å². The van der Waals surface area contributed by atoms with Gasteiger partial charge in [-0.05, 0) is 24.4 Å². The van der Waals surface area contributed by atoms with Crippen LogP contribution in [0.1, 0.15) is 23.8 Å². The van der Waals surface area contributed by atoms with Gasteiger partial charge in [0.2, 0.25) is 0 Å². The molecule has 34 heavy (non-hydrogen) atoms. The summed E-state index contributed by atoms with van der Waals surface area (Å²) in [4.78, 5) is 24.8. The number of hydrogen-bond donors (Lipinski definition) is 7. The molecule has 0 bridgehead atoms. The number of aliphatic hydroxyl groups is 6. The largest absolute Gasteiger partial charge is 0.506 e. The first-order valence-electron chi connectivity index (χ1n) is 10.2. The third kappa shape index (κ3) is 4.92. The predicted octanol–water partition coefficient (Wildman–Crippen LogP) is -2.06. The van der Waals surface area contributed by atoms with E-state index in [2.05, 4.69) is 0 Å². The lowest BCUT2D eigenvalue weighted by atomic mass is 9.98. The van der Waals surface area contributed by atoms with Crippen molar-refractivity contribution >= 4 is 16.7 Å². The highest BCUT2D eigenvalue weighted by Crippen LogP contribution is 2.44. The van der Waals surface area contributed by atoms with Gasteiger partial charge in [0.25, 0.3) is 0 Å². The van der Waals surface area contributed by atoms with Crippen LogP contribution in [0.5, 0.6) is 11.5 Å². The van der Waals surface area contributed by atoms with Crippen molar-refractivity contribution in [2.75, 3.05) is 13.7 Å². The number of carbonyl (C=O) groups excluding carboxylic acids is 1. The van der Waals surface area contributed by atoms with Crippen LogP contribution in [0.3, 0.4) is 0 Å². The van der Waals surface area contributed by atoms with Crippen molar-refractivity contribution in [3.63, 3.8) is 0 Å². The molecule has 1 aliphatic rings. The fraction of sp³-hybridized carbons (Fsp3) is 0.524. The Morgan fingerprint density at radius 2 is 1.74 bits per heavy atom. The number of esters is 1. The quantitative estimate of drug-likeness (QED) is 0.121. The minimum absolute atomic E-state index is 0.199. The topological polar surface area (TPSA) is 217 Å². The lowest BCUT2D eigenvalue weighted by Gasteiger charge is -2.30. The Morgan fingerprint density at radius 1 is 1.06 bits per heavy atom. The average Bonchev–Trinajstić information content (AvgIpc) is 2.91. The maximum absolute atomic E-state index is 12.5. The molecule has 0 unspecified atom stereocenters. The summed E-state index contributed by atoms with van der Waals surface area (Å²) >= 11 is 0. The number of aliphatic hydroxyl groups excluding tert-OH is 6. The Labute approximate surface area is 192 Å². The zero-order valence-corrected chi connectivity index (χ0v) is 18.2. The monoisotopic (exact) mass is 486 g/mol. The van der Waals surface area contributed by atoms with Gasteiger partial charge in [-0.3, -0.25) is 0 Å². The Hall–Kier alpha value is -2.62. The second-order valence-electron chi connectivity index (χ2n) is 7.86. The van der Waals surface area contributed by atoms with Crippen LogP contribution in [-0.4, -0.2) is 92.2 Å². The van der Waals surface area contributed by atoms with Crippen LogP contribution in [-0.2, 0) is 14.3 Å². The second kappa shape index (κ2) is 10.3. The van der Waals surface area contributed by atoms with E-state index in [9.17, 15) is 40.2 Å². The lowest BCUT2D eigenvalue weighted by Crippen LogP contribution is -2.50. The number of hydrogen-bond acceptors (Lipinski definition) is 13. The van der Waals surface area contributed by atoms with E-state index in [0.29, 0.717) is 0 Å². The van der Waals surface area contributed by atoms with E-state index in [-0.39, 0.29) is 34.3 Å². The van der Waals surface area contributed by atoms with Gasteiger partial charge in [-0.25, -0.2) is 9.59 Å². The maximum atomic E-state index is 12.5. The highest BCUT2D eigenvalue weighted by atomic mass is 16.6. The number of methoxy groups -OCH3 is 1. The number of aromatic hydroxyl groups is 1. The van der Waals surface area contributed by atoms with Gasteiger partial charge < -0.3 is 54.4 Å². The first-order chi connectivity index (χ1) is 16.0. The third-order valence-electron chi connectivity index (χ3n) is 5.53. The summed E-state index contributed by atoms with van der Waals surface area (Å²) in [6.45, 7) is 0.573. The van der Waals surface area contributed by atoms with Crippen molar-refractivity contribution in [3.05, 3.63) is 33.9 Å². The summed E-state index contributed by atoms with van der Waals surface area (Å²) in [5, 5.41) is 69.6. The highest BCUT2D eigenvalue weighted by molar-refractivity contribution is 5.92. The molecule has 7 N–H and O–H groups in total. The second-order valence-corrected chi connectivity index (χ2v) is 7.86. The van der Waals surface area contributed by atoms with E-state index in [0.717, 1.165) is 0 Å². The van der Waals surface area contributed by atoms with Crippen molar-refractivity contribution in [1.29, 1.82) is 0 Å². The molecule has 7 atom stereocenters. The number of phenols is 1. The van der Waals surface area contributed by atoms with Gasteiger partial charge in [-0.2, -0.15) is 0 Å². The molecule has 2 aromatic rings. The number of aryl methyl sites for hydroxylation is 1. The summed E-state index contributed by atoms with van der Waals surface area (Å²) in [5.74, 6) is -1.49. The number of rotatable bonds is 8. The molecule has 13 heteroatoms. The van der Waals surface area contributed by atoms with Crippen LogP contribution in [0.2, 0.25) is 0 Å². The zero-order chi connectivity index (χ0) is 25.3. The van der Waals surface area contributed by atoms with Gasteiger partial charge in [0, 0.05) is 13.5 Å². The maximum Gasteiger partial charge on any atom is 0.347 e. The lowest BCUT2D eigenvalue weighted by molar-refractivity contribution is -0.231. The standard InChI is InChI=1S/C21H26O13/c1-7-3-8-4-10-14(16(25)13(8)20(29)32-7)11(5-12(31-2)19(28)33-10)34-21(30)18(27)17(26)15(24)9(23)6-22/h3-4,9,11-12,15,17-18,21-27,30H,5-6H2,1-2H3/t9-,11+,12-,15-,17-,18-,21+/m1/s1. The molecule has 0 radical (unpaired) electrons. The molecular weight excluding hydrogens is 460 g/mol. The average molecular weight is 486 g/mol. The van der Waals surface area contributed by atoms with Gasteiger partial charge in [0.1, 0.15) is 47.1 Å². The molecule has 2 heterocycles. The number of phenolic OH excluding ortho intramolecular Hbond substituents is 1. The molecule has 188 valence electrons. The molecule has 0 spiro atoms. The van der Waals surface area contributed by atoms with Crippen molar-refractivity contribution in [2.45, 2.75) is 56.3 Å². The van der Waals surface area contributed by atoms with Crippen LogP contribution in [0.25, 0.3) is 10.8 Å². The SMILES string of the molecule is CO[C@@H]1C[C@H](O[C@H](O)[C@H](O)[C@H](O)[C@H](O)[C@H](O)CO)c2c(cc3cc(C)oc(=O)c3c2O)OC1=O. The molecule has 3 rings (SSSR count). The number of fused-ring (bicyclic) bond motifs is 2. The molecule has 1 aliphatic heterocycles. The van der Waals surface area contributed by atoms with Crippen molar-refractivity contribution in [3.8, 4) is 11.5 Å². The van der Waals surface area contributed by atoms with E-state index in [1.807, 2.05) is 0 Å². The first-order valence-corrected chi connectivity index (χ1v) is 10.2. The van der Waals surface area contributed by atoms with Gasteiger partial charge in [0.15, 0.2) is 12.4 Å². The summed E-state index contributed by atoms with van der Waals surface area (Å²) in [6.07, 6.45) is -13.5. The molecule has 0 fully saturated rings. The fourth-order valence-corrected chi connectivity index (χ4v) is 3.70. The molecular formula is C21H26O13. The molecule has 13 nitrogen and oxygen atoms in total. The number of carbonyl (C=O) groups is 1. The van der Waals surface area contributed by atoms with Gasteiger partial charge in [-0.15, -0.1) is 0 Å². The Bertz CT molecular complexity index is 1100. The first kappa shape index (κ1) is 26.0. The zero-order valence-electron chi connectivity index (χ0n) is 18.2. The molecule has 1 aromatic heterocycles. The van der Waals surface area contributed by atoms with E-state index < -0.39 is 66.9 Å². The van der Waals surface area contributed by atoms with Crippen LogP contribution in [0.15, 0.2) is 21.3 Å². The molecule has 0 aliphatic carbocycles. The van der Waals surface area contributed by atoms with Crippen LogP contribution >= 0.6 is 0 Å². The fourth-order valence-electron chi connectivity index (χ4n) is 3.70. The van der Waals surface area contributed by atoms with Gasteiger partial charge in [0.05, 0.1) is 18.3 Å². The van der Waals surface area contributed by atoms with E-state index in [1.54, 1.807) is 0 Å². The summed E-state index contributed by atoms with van der Waals surface area (Å²) in [6, 6.07) is 2.72. The number of ether oxygens (including phenoxy) is 3. The van der Waals surface area contributed by atoms with Gasteiger partial charge >= 0.3 is 11.6 Å². The molecule has 0 amide bonds. The summed E-state index contributed by atoms with van der Waals surface area (Å²) in [7, 11) is 1.20. The normalized spacial score (nSPS) is 22.9. The molecule has 1 aromatic carbocycles. The Balaban J connectivity index is 2.04. The van der Waals surface area contributed by atoms with E-state index in [1.165, 1.54) is 26.2 Å². The Kier molecular flexibility index (Phi) is 7.90. The minimum atomic E-state index is -2.23. The molecule has 0 saturated carbocycles. The predicted molar refractivity (Wildman–Crippen MR) is 111 cm³/mol. The van der Waals surface area contributed by atoms with Crippen molar-refractivity contribution < 1.29 is 59.2 Å². The van der Waals surface area contributed by atoms with Crippen molar-refractivity contribution in [2.24, 2.45) is 0 Å². The van der Waals surface area contributed by atoms with E-state index in [4.69, 9.17) is 23.7 Å². The third-order valence-corrected chi connectivity index (χ3v) is 5.53. The van der Waals surface area contributed by atoms with Crippen LogP contribution in [0.4, 0.5) is 0 Å². The Morgan fingerprint density at radius 3 is 2.35 bits per heavy atom. The summed E-state index contributed by atoms with van der Waals surface area (Å²) < 4.78 is 20.8. The van der Waals surface area contributed by atoms with Gasteiger partial charge in [-0.1, -0.05) is 0 Å². The van der Waals surface area contributed by atoms with Crippen LogP contribution in [0, 0.1) is 6.92 Å². The molecule has 0 saturated heterocycles. The number of benzene rings is 1.